The largest absolute Gasteiger partial charge is 0.416 e. The average Bonchev–Trinajstić information content (AvgIpc) is 2.55. The van der Waals surface area contributed by atoms with Crippen molar-refractivity contribution in [2.75, 3.05) is 6.61 Å². The van der Waals surface area contributed by atoms with Crippen LogP contribution in [0.25, 0.3) is 0 Å². The Hall–Kier alpha value is -1.85. The molecule has 2 nitrogen and oxygen atoms in total. The van der Waals surface area contributed by atoms with E-state index in [0.29, 0.717) is 18.4 Å². The fourth-order valence-electron chi connectivity index (χ4n) is 2.32. The molecule has 23 heavy (non-hydrogen) atoms. The first-order valence-corrected chi connectivity index (χ1v) is 7.44. The quantitative estimate of drug-likeness (QED) is 0.797. The standard InChI is InChI=1S/C18H19F3O2/c19-18(20,21)16-9-4-6-14(12-16)13-23-17(10-5-11-22)15-7-2-1-3-8-15/h1-4,6-9,12,17,22H,5,10-11,13H2. The number of hydrogen-bond acceptors (Lipinski definition) is 2. The lowest BCUT2D eigenvalue weighted by Crippen LogP contribution is -2.08. The molecule has 0 bridgehead atoms. The summed E-state index contributed by atoms with van der Waals surface area (Å²) in [5.74, 6) is 0. The summed E-state index contributed by atoms with van der Waals surface area (Å²) in [6.45, 7) is 0.144. The van der Waals surface area contributed by atoms with Gasteiger partial charge >= 0.3 is 6.18 Å². The lowest BCUT2D eigenvalue weighted by atomic mass is 10.0. The molecule has 0 saturated heterocycles. The Morgan fingerprint density at radius 2 is 1.74 bits per heavy atom. The fourth-order valence-corrected chi connectivity index (χ4v) is 2.32. The number of aliphatic hydroxyl groups excluding tert-OH is 1. The second-order valence-electron chi connectivity index (χ2n) is 5.27. The van der Waals surface area contributed by atoms with Gasteiger partial charge in [-0.1, -0.05) is 42.5 Å². The van der Waals surface area contributed by atoms with E-state index in [-0.39, 0.29) is 19.3 Å². The van der Waals surface area contributed by atoms with Gasteiger partial charge in [-0.2, -0.15) is 13.2 Å². The van der Waals surface area contributed by atoms with Gasteiger partial charge in [0.25, 0.3) is 0 Å². The van der Waals surface area contributed by atoms with Crippen LogP contribution < -0.4 is 0 Å². The van der Waals surface area contributed by atoms with Crippen molar-refractivity contribution in [3.63, 3.8) is 0 Å². The van der Waals surface area contributed by atoms with Crippen LogP contribution in [0.3, 0.4) is 0 Å². The molecule has 2 aromatic carbocycles. The molecule has 0 aliphatic carbocycles. The first-order chi connectivity index (χ1) is 11.0. The van der Waals surface area contributed by atoms with Crippen LogP contribution in [0, 0.1) is 0 Å². The van der Waals surface area contributed by atoms with Gasteiger partial charge in [-0.3, -0.25) is 0 Å². The summed E-state index contributed by atoms with van der Waals surface area (Å²) >= 11 is 0. The van der Waals surface area contributed by atoms with Gasteiger partial charge in [-0.25, -0.2) is 0 Å². The van der Waals surface area contributed by atoms with Crippen molar-refractivity contribution in [2.45, 2.75) is 31.7 Å². The van der Waals surface area contributed by atoms with E-state index in [1.165, 1.54) is 6.07 Å². The highest BCUT2D eigenvalue weighted by molar-refractivity contribution is 5.25. The minimum atomic E-state index is -4.36. The highest BCUT2D eigenvalue weighted by Crippen LogP contribution is 2.30. The van der Waals surface area contributed by atoms with Gasteiger partial charge in [0.05, 0.1) is 18.3 Å². The zero-order chi connectivity index (χ0) is 16.7. The van der Waals surface area contributed by atoms with Crippen LogP contribution in [0.2, 0.25) is 0 Å². The monoisotopic (exact) mass is 324 g/mol. The van der Waals surface area contributed by atoms with E-state index in [9.17, 15) is 13.2 Å². The van der Waals surface area contributed by atoms with Crippen LogP contribution >= 0.6 is 0 Å². The van der Waals surface area contributed by atoms with Crippen molar-refractivity contribution in [2.24, 2.45) is 0 Å². The predicted molar refractivity (Wildman–Crippen MR) is 81.7 cm³/mol. The van der Waals surface area contributed by atoms with Gasteiger partial charge < -0.3 is 9.84 Å². The Bertz CT molecular complexity index is 597. The average molecular weight is 324 g/mol. The molecule has 0 fully saturated rings. The molecule has 2 aromatic rings. The second-order valence-corrected chi connectivity index (χ2v) is 5.27. The Morgan fingerprint density at radius 3 is 2.39 bits per heavy atom. The topological polar surface area (TPSA) is 29.5 Å². The molecule has 0 saturated carbocycles. The minimum Gasteiger partial charge on any atom is -0.396 e. The maximum atomic E-state index is 12.7. The number of halogens is 3. The lowest BCUT2D eigenvalue weighted by molar-refractivity contribution is -0.137. The van der Waals surface area contributed by atoms with Gasteiger partial charge in [0.1, 0.15) is 0 Å². The summed E-state index contributed by atoms with van der Waals surface area (Å²) in [5.41, 5.74) is 0.753. The zero-order valence-electron chi connectivity index (χ0n) is 12.6. The Balaban J connectivity index is 2.06. The highest BCUT2D eigenvalue weighted by atomic mass is 19.4. The smallest absolute Gasteiger partial charge is 0.396 e. The van der Waals surface area contributed by atoms with E-state index in [1.807, 2.05) is 30.3 Å². The van der Waals surface area contributed by atoms with Crippen LogP contribution in [-0.4, -0.2) is 11.7 Å². The normalized spacial score (nSPS) is 13.0. The molecule has 0 aromatic heterocycles. The summed E-state index contributed by atoms with van der Waals surface area (Å²) in [5, 5.41) is 8.99. The third-order valence-corrected chi connectivity index (χ3v) is 3.50. The van der Waals surface area contributed by atoms with Crippen molar-refractivity contribution in [3.05, 3.63) is 71.3 Å². The third-order valence-electron chi connectivity index (χ3n) is 3.50. The summed E-state index contributed by atoms with van der Waals surface area (Å²) in [7, 11) is 0. The Morgan fingerprint density at radius 1 is 1.00 bits per heavy atom. The molecule has 2 rings (SSSR count). The first-order valence-electron chi connectivity index (χ1n) is 7.44. The molecule has 0 amide bonds. The molecule has 0 radical (unpaired) electrons. The SMILES string of the molecule is OCCCC(OCc1cccc(C(F)(F)F)c1)c1ccccc1. The number of benzene rings is 2. The van der Waals surface area contributed by atoms with Crippen LogP contribution in [0.5, 0.6) is 0 Å². The van der Waals surface area contributed by atoms with Crippen LogP contribution in [0.1, 0.15) is 35.6 Å². The molecule has 0 aliphatic rings. The third kappa shape index (κ3) is 5.37. The molecule has 1 atom stereocenters. The Labute approximate surface area is 133 Å². The number of rotatable bonds is 7. The minimum absolute atomic E-state index is 0.0518. The molecular formula is C18H19F3O2. The van der Waals surface area contributed by atoms with E-state index in [2.05, 4.69) is 0 Å². The van der Waals surface area contributed by atoms with E-state index < -0.39 is 11.7 Å². The molecule has 1 unspecified atom stereocenters. The fraction of sp³-hybridized carbons (Fsp3) is 0.333. The lowest BCUT2D eigenvalue weighted by Gasteiger charge is -2.18. The molecular weight excluding hydrogens is 305 g/mol. The van der Waals surface area contributed by atoms with Crippen LogP contribution in [0.4, 0.5) is 13.2 Å². The molecule has 0 aliphatic heterocycles. The van der Waals surface area contributed by atoms with Crippen LogP contribution in [-0.2, 0) is 17.5 Å². The van der Waals surface area contributed by atoms with Crippen LogP contribution in [0.15, 0.2) is 54.6 Å². The number of aliphatic hydroxyl groups is 1. The highest BCUT2D eigenvalue weighted by Gasteiger charge is 2.30. The van der Waals surface area contributed by atoms with Crippen molar-refractivity contribution in [1.82, 2.24) is 0 Å². The van der Waals surface area contributed by atoms with Gasteiger partial charge in [-0.05, 0) is 36.1 Å². The first kappa shape index (κ1) is 17.5. The van der Waals surface area contributed by atoms with E-state index in [0.717, 1.165) is 17.7 Å². The number of ether oxygens (including phenoxy) is 1. The van der Waals surface area contributed by atoms with Gasteiger partial charge in [0.15, 0.2) is 0 Å². The maximum absolute atomic E-state index is 12.7. The number of alkyl halides is 3. The van der Waals surface area contributed by atoms with Gasteiger partial charge in [0.2, 0.25) is 0 Å². The molecule has 0 heterocycles. The summed E-state index contributed by atoms with van der Waals surface area (Å²) < 4.78 is 44.0. The molecule has 0 spiro atoms. The predicted octanol–water partition coefficient (Wildman–Crippen LogP) is 4.74. The van der Waals surface area contributed by atoms with Crippen molar-refractivity contribution >= 4 is 0 Å². The summed E-state index contributed by atoms with van der Waals surface area (Å²) in [4.78, 5) is 0. The van der Waals surface area contributed by atoms with Gasteiger partial charge in [0, 0.05) is 6.61 Å². The molecule has 1 N–H and O–H groups in total. The van der Waals surface area contributed by atoms with E-state index in [4.69, 9.17) is 9.84 Å². The summed E-state index contributed by atoms with van der Waals surface area (Å²) in [6, 6.07) is 14.6. The van der Waals surface area contributed by atoms with Crippen molar-refractivity contribution < 1.29 is 23.0 Å². The maximum Gasteiger partial charge on any atom is 0.416 e. The Kier molecular flexibility index (Phi) is 6.19. The van der Waals surface area contributed by atoms with E-state index in [1.54, 1.807) is 6.07 Å². The van der Waals surface area contributed by atoms with Crippen molar-refractivity contribution in [1.29, 1.82) is 0 Å². The zero-order valence-corrected chi connectivity index (χ0v) is 12.6. The van der Waals surface area contributed by atoms with E-state index >= 15 is 0 Å². The summed E-state index contributed by atoms with van der Waals surface area (Å²) in [6.07, 6.45) is -3.43. The van der Waals surface area contributed by atoms with Crippen molar-refractivity contribution in [3.8, 4) is 0 Å². The van der Waals surface area contributed by atoms with Gasteiger partial charge in [-0.15, -0.1) is 0 Å². The second kappa shape index (κ2) is 8.13. The number of hydrogen-bond donors (Lipinski definition) is 1. The molecule has 124 valence electrons. The molecule has 5 heteroatoms.